The quantitative estimate of drug-likeness (QED) is 0.618. The number of amides is 1. The topological polar surface area (TPSA) is 115 Å². The fourth-order valence-electron chi connectivity index (χ4n) is 3.30. The van der Waals surface area contributed by atoms with E-state index in [2.05, 4.69) is 10.0 Å². The first-order valence-corrected chi connectivity index (χ1v) is 11.5. The first kappa shape index (κ1) is 22.0. The van der Waals surface area contributed by atoms with E-state index in [0.29, 0.717) is 5.76 Å². The molecule has 2 N–H and O–H groups in total. The fourth-order valence-corrected chi connectivity index (χ4v) is 4.34. The molecule has 9 heteroatoms. The molecule has 1 fully saturated rings. The van der Waals surface area contributed by atoms with E-state index in [1.165, 1.54) is 43.9 Å². The van der Waals surface area contributed by atoms with Crippen LogP contribution in [0.2, 0.25) is 0 Å². The van der Waals surface area contributed by atoms with E-state index in [4.69, 9.17) is 9.15 Å². The molecular formula is C21H26N2O6S. The lowest BCUT2D eigenvalue weighted by Gasteiger charge is -2.24. The number of carbonyl (C=O) groups is 2. The highest BCUT2D eigenvalue weighted by Gasteiger charge is 2.24. The predicted molar refractivity (Wildman–Crippen MR) is 109 cm³/mol. The zero-order valence-corrected chi connectivity index (χ0v) is 17.6. The van der Waals surface area contributed by atoms with Gasteiger partial charge in [0.05, 0.1) is 23.3 Å². The van der Waals surface area contributed by atoms with E-state index in [9.17, 15) is 18.0 Å². The lowest BCUT2D eigenvalue weighted by atomic mass is 9.95. The van der Waals surface area contributed by atoms with Crippen LogP contribution in [-0.2, 0) is 26.1 Å². The number of nitrogens with one attached hydrogen (secondary N) is 2. The molecule has 8 nitrogen and oxygen atoms in total. The van der Waals surface area contributed by atoms with Crippen molar-refractivity contribution in [2.75, 3.05) is 0 Å². The van der Waals surface area contributed by atoms with Crippen molar-refractivity contribution in [3.8, 4) is 0 Å². The van der Waals surface area contributed by atoms with E-state index in [1.807, 2.05) is 0 Å². The Bertz CT molecular complexity index is 965. The Balaban J connectivity index is 1.59. The number of esters is 1. The van der Waals surface area contributed by atoms with Crippen molar-refractivity contribution in [2.45, 2.75) is 62.6 Å². The van der Waals surface area contributed by atoms with Crippen molar-refractivity contribution in [2.24, 2.45) is 0 Å². The average molecular weight is 435 g/mol. The summed E-state index contributed by atoms with van der Waals surface area (Å²) in [7, 11) is -3.85. The molecular weight excluding hydrogens is 408 g/mol. The second-order valence-electron chi connectivity index (χ2n) is 7.32. The van der Waals surface area contributed by atoms with E-state index >= 15 is 0 Å². The number of rotatable bonds is 8. The molecule has 2 aromatic rings. The summed E-state index contributed by atoms with van der Waals surface area (Å²) in [5, 5.41) is 2.91. The van der Waals surface area contributed by atoms with Gasteiger partial charge in [-0.25, -0.2) is 17.9 Å². The van der Waals surface area contributed by atoms with Gasteiger partial charge in [0.1, 0.15) is 5.76 Å². The minimum absolute atomic E-state index is 0.0115. The molecule has 1 aliphatic carbocycles. The van der Waals surface area contributed by atoms with Crippen molar-refractivity contribution in [3.63, 3.8) is 0 Å². The summed E-state index contributed by atoms with van der Waals surface area (Å²) in [5.41, 5.74) is 0.0492. The maximum Gasteiger partial charge on any atom is 0.338 e. The molecule has 1 heterocycles. The standard InChI is InChI=1S/C21H26N2O6S/c1-15(20(24)23-17-8-3-2-4-9-17)29-21(25)16-7-5-11-19(13-16)30(26,27)22-14-18-10-6-12-28-18/h5-7,10-13,15,17,22H,2-4,8-9,14H2,1H3,(H,23,24). The fraction of sp³-hybridized carbons (Fsp3) is 0.429. The Hall–Kier alpha value is -2.65. The third-order valence-electron chi connectivity index (χ3n) is 5.00. The zero-order valence-electron chi connectivity index (χ0n) is 16.8. The van der Waals surface area contributed by atoms with Gasteiger partial charge in [-0.2, -0.15) is 0 Å². The van der Waals surface area contributed by atoms with Gasteiger partial charge in [-0.1, -0.05) is 25.3 Å². The first-order chi connectivity index (χ1) is 14.3. The van der Waals surface area contributed by atoms with Gasteiger partial charge in [0.15, 0.2) is 6.10 Å². The Kier molecular flexibility index (Phi) is 7.28. The molecule has 0 spiro atoms. The number of ether oxygens (including phenoxy) is 1. The van der Waals surface area contributed by atoms with Gasteiger partial charge in [0.2, 0.25) is 10.0 Å². The molecule has 1 amide bonds. The molecule has 1 atom stereocenters. The molecule has 3 rings (SSSR count). The predicted octanol–water partition coefficient (Wildman–Crippen LogP) is 2.75. The minimum atomic E-state index is -3.85. The highest BCUT2D eigenvalue weighted by Crippen LogP contribution is 2.18. The summed E-state index contributed by atoms with van der Waals surface area (Å²) in [6.07, 6.45) is 5.66. The number of hydrogen-bond donors (Lipinski definition) is 2. The monoisotopic (exact) mass is 434 g/mol. The molecule has 1 aromatic heterocycles. The maximum absolute atomic E-state index is 12.5. The Morgan fingerprint density at radius 1 is 1.17 bits per heavy atom. The number of sulfonamides is 1. The van der Waals surface area contributed by atoms with E-state index in [1.54, 1.807) is 12.1 Å². The summed E-state index contributed by atoms with van der Waals surface area (Å²) in [6, 6.07) is 8.91. The first-order valence-electron chi connectivity index (χ1n) is 9.98. The maximum atomic E-state index is 12.5. The Labute approximate surface area is 176 Å². The Morgan fingerprint density at radius 3 is 2.63 bits per heavy atom. The van der Waals surface area contributed by atoms with Gasteiger partial charge < -0.3 is 14.5 Å². The van der Waals surface area contributed by atoms with Crippen LogP contribution in [0.15, 0.2) is 52.0 Å². The summed E-state index contributed by atoms with van der Waals surface area (Å²) in [6.45, 7) is 1.49. The molecule has 162 valence electrons. The van der Waals surface area contributed by atoms with Crippen LogP contribution in [0.4, 0.5) is 0 Å². The molecule has 1 aliphatic rings. The number of benzene rings is 1. The summed E-state index contributed by atoms with van der Waals surface area (Å²) in [4.78, 5) is 24.7. The summed E-state index contributed by atoms with van der Waals surface area (Å²) < 4.78 is 37.7. The third-order valence-corrected chi connectivity index (χ3v) is 6.40. The average Bonchev–Trinajstić information content (AvgIpc) is 3.27. The number of hydrogen-bond acceptors (Lipinski definition) is 6. The normalized spacial score (nSPS) is 16.0. The smallest absolute Gasteiger partial charge is 0.338 e. The summed E-state index contributed by atoms with van der Waals surface area (Å²) in [5.74, 6) is -0.643. The lowest BCUT2D eigenvalue weighted by molar-refractivity contribution is -0.130. The van der Waals surface area contributed by atoms with Crippen LogP contribution in [-0.4, -0.2) is 32.4 Å². The molecule has 0 aliphatic heterocycles. The van der Waals surface area contributed by atoms with Crippen LogP contribution in [0, 0.1) is 0 Å². The highest BCUT2D eigenvalue weighted by atomic mass is 32.2. The van der Waals surface area contributed by atoms with E-state index < -0.39 is 22.1 Å². The second kappa shape index (κ2) is 9.90. The van der Waals surface area contributed by atoms with Crippen LogP contribution in [0.5, 0.6) is 0 Å². The van der Waals surface area contributed by atoms with E-state index in [-0.39, 0.29) is 29.0 Å². The van der Waals surface area contributed by atoms with Gasteiger partial charge in [-0.05, 0) is 50.1 Å². The molecule has 0 saturated heterocycles. The third kappa shape index (κ3) is 5.93. The number of carbonyl (C=O) groups excluding carboxylic acids is 2. The summed E-state index contributed by atoms with van der Waals surface area (Å²) >= 11 is 0. The molecule has 1 unspecified atom stereocenters. The van der Waals surface area contributed by atoms with Crippen molar-refractivity contribution >= 4 is 21.9 Å². The molecule has 0 radical (unpaired) electrons. The van der Waals surface area contributed by atoms with Crippen LogP contribution in [0.1, 0.15) is 55.1 Å². The van der Waals surface area contributed by atoms with Crippen molar-refractivity contribution < 1.29 is 27.2 Å². The zero-order chi connectivity index (χ0) is 21.6. The lowest BCUT2D eigenvalue weighted by Crippen LogP contribution is -2.42. The van der Waals surface area contributed by atoms with Crippen molar-refractivity contribution in [1.29, 1.82) is 0 Å². The van der Waals surface area contributed by atoms with Gasteiger partial charge in [-0.15, -0.1) is 0 Å². The van der Waals surface area contributed by atoms with Crippen LogP contribution in [0.3, 0.4) is 0 Å². The highest BCUT2D eigenvalue weighted by molar-refractivity contribution is 7.89. The van der Waals surface area contributed by atoms with Gasteiger partial charge in [0, 0.05) is 6.04 Å². The van der Waals surface area contributed by atoms with Crippen LogP contribution in [0.25, 0.3) is 0 Å². The van der Waals surface area contributed by atoms with Crippen molar-refractivity contribution in [1.82, 2.24) is 10.0 Å². The largest absolute Gasteiger partial charge is 0.468 e. The molecule has 30 heavy (non-hydrogen) atoms. The van der Waals surface area contributed by atoms with Gasteiger partial charge in [0.25, 0.3) is 5.91 Å². The SMILES string of the molecule is CC(OC(=O)c1cccc(S(=O)(=O)NCc2ccco2)c1)C(=O)NC1CCCCC1. The number of furan rings is 1. The van der Waals surface area contributed by atoms with Gasteiger partial charge in [-0.3, -0.25) is 4.79 Å². The minimum Gasteiger partial charge on any atom is -0.468 e. The van der Waals surface area contributed by atoms with Crippen LogP contribution < -0.4 is 10.0 Å². The molecule has 1 aromatic carbocycles. The second-order valence-corrected chi connectivity index (χ2v) is 9.09. The molecule has 0 bridgehead atoms. The van der Waals surface area contributed by atoms with E-state index in [0.717, 1.165) is 25.7 Å². The van der Waals surface area contributed by atoms with Gasteiger partial charge >= 0.3 is 5.97 Å². The Morgan fingerprint density at radius 2 is 1.93 bits per heavy atom. The molecule has 1 saturated carbocycles. The van der Waals surface area contributed by atoms with Crippen LogP contribution >= 0.6 is 0 Å². The van der Waals surface area contributed by atoms with Crippen molar-refractivity contribution in [3.05, 3.63) is 54.0 Å².